The topological polar surface area (TPSA) is 35.5 Å². The van der Waals surface area contributed by atoms with Crippen molar-refractivity contribution in [1.29, 1.82) is 0 Å². The van der Waals surface area contributed by atoms with Crippen molar-refractivity contribution < 1.29 is 14.3 Å². The van der Waals surface area contributed by atoms with Crippen LogP contribution in [0.15, 0.2) is 24.3 Å². The summed E-state index contributed by atoms with van der Waals surface area (Å²) in [4.78, 5) is 10.5. The smallest absolute Gasteiger partial charge is 0.183 e. The molecule has 1 aromatic carbocycles. The lowest BCUT2D eigenvalue weighted by Crippen LogP contribution is -2.08. The van der Waals surface area contributed by atoms with Gasteiger partial charge >= 0.3 is 0 Å². The van der Waals surface area contributed by atoms with Gasteiger partial charge in [-0.3, -0.25) is 4.79 Å². The second kappa shape index (κ2) is 8.02. The third kappa shape index (κ3) is 4.13. The summed E-state index contributed by atoms with van der Waals surface area (Å²) in [7, 11) is 0. The summed E-state index contributed by atoms with van der Waals surface area (Å²) in [5, 5.41) is 0. The standard InChI is InChI=1S/C12H16O3.CH4/c1-3-14-12(15-4-2)11-7-5-10(9-13)6-8-11;/h5-9,12H,3-4H2,1-2H3;1H4. The average molecular weight is 224 g/mol. The van der Waals surface area contributed by atoms with E-state index in [1.54, 1.807) is 12.1 Å². The molecule has 1 aromatic rings. The van der Waals surface area contributed by atoms with Crippen LogP contribution in [0.4, 0.5) is 0 Å². The molecule has 0 atom stereocenters. The van der Waals surface area contributed by atoms with E-state index >= 15 is 0 Å². The van der Waals surface area contributed by atoms with Crippen LogP contribution in [0.1, 0.15) is 43.5 Å². The molecular weight excluding hydrogens is 204 g/mol. The van der Waals surface area contributed by atoms with E-state index in [4.69, 9.17) is 9.47 Å². The third-order valence-corrected chi connectivity index (χ3v) is 1.98. The zero-order valence-electron chi connectivity index (χ0n) is 9.10. The van der Waals surface area contributed by atoms with Gasteiger partial charge in [0.15, 0.2) is 6.29 Å². The number of benzene rings is 1. The van der Waals surface area contributed by atoms with Crippen molar-refractivity contribution in [2.75, 3.05) is 13.2 Å². The van der Waals surface area contributed by atoms with E-state index in [1.165, 1.54) is 0 Å². The molecule has 16 heavy (non-hydrogen) atoms. The molecule has 0 fully saturated rings. The maximum Gasteiger partial charge on any atom is 0.183 e. The molecule has 3 heteroatoms. The van der Waals surface area contributed by atoms with Crippen LogP contribution in [0.3, 0.4) is 0 Å². The molecule has 0 amide bonds. The van der Waals surface area contributed by atoms with Gasteiger partial charge in [-0.15, -0.1) is 0 Å². The molecule has 1 rings (SSSR count). The molecule has 0 saturated carbocycles. The average Bonchev–Trinajstić information content (AvgIpc) is 2.29. The van der Waals surface area contributed by atoms with Gasteiger partial charge in [0.25, 0.3) is 0 Å². The summed E-state index contributed by atoms with van der Waals surface area (Å²) >= 11 is 0. The summed E-state index contributed by atoms with van der Waals surface area (Å²) in [6.07, 6.45) is 0.487. The van der Waals surface area contributed by atoms with E-state index in [0.717, 1.165) is 11.8 Å². The Kier molecular flexibility index (Phi) is 7.42. The summed E-state index contributed by atoms with van der Waals surface area (Å²) in [5.41, 5.74) is 1.59. The Hall–Kier alpha value is -1.19. The third-order valence-electron chi connectivity index (χ3n) is 1.98. The molecule has 0 aliphatic heterocycles. The van der Waals surface area contributed by atoms with E-state index in [1.807, 2.05) is 26.0 Å². The zero-order chi connectivity index (χ0) is 11.1. The fraction of sp³-hybridized carbons (Fsp3) is 0.462. The fourth-order valence-corrected chi connectivity index (χ4v) is 1.28. The molecule has 0 heterocycles. The molecule has 0 saturated heterocycles. The lowest BCUT2D eigenvalue weighted by molar-refractivity contribution is -0.140. The van der Waals surface area contributed by atoms with Gasteiger partial charge in [0.1, 0.15) is 6.29 Å². The molecule has 0 N–H and O–H groups in total. The van der Waals surface area contributed by atoms with Crippen LogP contribution in [-0.2, 0) is 9.47 Å². The molecule has 0 bridgehead atoms. The number of carbonyl (C=O) groups excluding carboxylic acids is 1. The van der Waals surface area contributed by atoms with Gasteiger partial charge in [0.2, 0.25) is 0 Å². The Balaban J connectivity index is 0.00000225. The van der Waals surface area contributed by atoms with E-state index in [9.17, 15) is 4.79 Å². The van der Waals surface area contributed by atoms with Gasteiger partial charge in [-0.2, -0.15) is 0 Å². The minimum atomic E-state index is -0.333. The quantitative estimate of drug-likeness (QED) is 0.550. The highest BCUT2D eigenvalue weighted by Crippen LogP contribution is 2.18. The second-order valence-corrected chi connectivity index (χ2v) is 3.03. The Bertz CT molecular complexity index is 287. The van der Waals surface area contributed by atoms with Gasteiger partial charge in [-0.05, 0) is 13.8 Å². The highest BCUT2D eigenvalue weighted by atomic mass is 16.7. The van der Waals surface area contributed by atoms with Crippen LogP contribution >= 0.6 is 0 Å². The van der Waals surface area contributed by atoms with Crippen molar-refractivity contribution in [3.63, 3.8) is 0 Å². The first-order chi connectivity index (χ1) is 7.31. The van der Waals surface area contributed by atoms with Crippen LogP contribution in [0.25, 0.3) is 0 Å². The summed E-state index contributed by atoms with van der Waals surface area (Å²) in [6.45, 7) is 5.04. The highest BCUT2D eigenvalue weighted by molar-refractivity contribution is 5.74. The van der Waals surface area contributed by atoms with E-state index < -0.39 is 0 Å². The number of hydrogen-bond donors (Lipinski definition) is 0. The lowest BCUT2D eigenvalue weighted by Gasteiger charge is -2.17. The fourth-order valence-electron chi connectivity index (χ4n) is 1.28. The van der Waals surface area contributed by atoms with Gasteiger partial charge in [0, 0.05) is 24.3 Å². The first kappa shape index (κ1) is 14.8. The van der Waals surface area contributed by atoms with Gasteiger partial charge in [-0.1, -0.05) is 31.7 Å². The number of ether oxygens (including phenoxy) is 2. The predicted octanol–water partition coefficient (Wildman–Crippen LogP) is 3.21. The van der Waals surface area contributed by atoms with Crippen LogP contribution < -0.4 is 0 Å². The Morgan fingerprint density at radius 1 is 1.12 bits per heavy atom. The lowest BCUT2D eigenvalue weighted by atomic mass is 10.1. The zero-order valence-corrected chi connectivity index (χ0v) is 9.10. The largest absolute Gasteiger partial charge is 0.349 e. The van der Waals surface area contributed by atoms with Gasteiger partial charge < -0.3 is 9.47 Å². The number of carbonyl (C=O) groups is 1. The van der Waals surface area contributed by atoms with Crippen molar-refractivity contribution >= 4 is 6.29 Å². The van der Waals surface area contributed by atoms with E-state index in [2.05, 4.69) is 0 Å². The summed E-state index contributed by atoms with van der Waals surface area (Å²) in [6, 6.07) is 7.21. The first-order valence-corrected chi connectivity index (χ1v) is 5.10. The SMILES string of the molecule is C.CCOC(OCC)c1ccc(C=O)cc1. The minimum absolute atomic E-state index is 0. The van der Waals surface area contributed by atoms with Crippen LogP contribution in [0.2, 0.25) is 0 Å². The summed E-state index contributed by atoms with van der Waals surface area (Å²) in [5.74, 6) is 0. The monoisotopic (exact) mass is 224 g/mol. The van der Waals surface area contributed by atoms with Crippen molar-refractivity contribution in [2.45, 2.75) is 27.6 Å². The molecule has 0 unspecified atom stereocenters. The Morgan fingerprint density at radius 3 is 2.00 bits per heavy atom. The highest BCUT2D eigenvalue weighted by Gasteiger charge is 2.10. The van der Waals surface area contributed by atoms with Crippen LogP contribution in [0, 0.1) is 0 Å². The van der Waals surface area contributed by atoms with Crippen molar-refractivity contribution in [2.24, 2.45) is 0 Å². The Labute approximate surface area is 97.4 Å². The van der Waals surface area contributed by atoms with Gasteiger partial charge in [0.05, 0.1) is 0 Å². The molecule has 3 nitrogen and oxygen atoms in total. The van der Waals surface area contributed by atoms with Gasteiger partial charge in [-0.25, -0.2) is 0 Å². The second-order valence-electron chi connectivity index (χ2n) is 3.03. The Morgan fingerprint density at radius 2 is 1.62 bits per heavy atom. The molecule has 0 aromatic heterocycles. The van der Waals surface area contributed by atoms with Crippen molar-refractivity contribution in [1.82, 2.24) is 0 Å². The maximum absolute atomic E-state index is 10.5. The molecular formula is C13H20O3. The predicted molar refractivity (Wildman–Crippen MR) is 64.6 cm³/mol. The molecule has 90 valence electrons. The normalized spacial score (nSPS) is 9.94. The number of rotatable bonds is 6. The molecule has 0 aliphatic rings. The molecule has 0 radical (unpaired) electrons. The minimum Gasteiger partial charge on any atom is -0.349 e. The number of aldehydes is 1. The van der Waals surface area contributed by atoms with E-state index in [-0.39, 0.29) is 13.7 Å². The van der Waals surface area contributed by atoms with Crippen molar-refractivity contribution in [3.05, 3.63) is 35.4 Å². The maximum atomic E-state index is 10.5. The number of hydrogen-bond acceptors (Lipinski definition) is 3. The molecule has 0 spiro atoms. The van der Waals surface area contributed by atoms with E-state index in [0.29, 0.717) is 18.8 Å². The molecule has 0 aliphatic carbocycles. The van der Waals surface area contributed by atoms with Crippen LogP contribution in [0.5, 0.6) is 0 Å². The summed E-state index contributed by atoms with van der Waals surface area (Å²) < 4.78 is 10.9. The van der Waals surface area contributed by atoms with Crippen molar-refractivity contribution in [3.8, 4) is 0 Å². The first-order valence-electron chi connectivity index (χ1n) is 5.10. The van der Waals surface area contributed by atoms with Crippen LogP contribution in [-0.4, -0.2) is 19.5 Å².